The lowest BCUT2D eigenvalue weighted by atomic mass is 10.0. The second-order valence-electron chi connectivity index (χ2n) is 5.79. The number of nitrogens with zero attached hydrogens (tertiary/aromatic N) is 1. The first-order chi connectivity index (χ1) is 7.74. The Morgan fingerprint density at radius 1 is 1.44 bits per heavy atom. The van der Waals surface area contributed by atoms with E-state index in [1.807, 2.05) is 7.11 Å². The number of ether oxygens (including phenoxy) is 1. The molecule has 1 saturated carbocycles. The monoisotopic (exact) mass is 226 g/mol. The van der Waals surface area contributed by atoms with Gasteiger partial charge in [0.15, 0.2) is 0 Å². The van der Waals surface area contributed by atoms with Crippen molar-refractivity contribution in [2.75, 3.05) is 46.4 Å². The molecule has 3 nitrogen and oxygen atoms in total. The summed E-state index contributed by atoms with van der Waals surface area (Å²) in [6.07, 6.45) is 4.07. The highest BCUT2D eigenvalue weighted by Crippen LogP contribution is 2.49. The molecule has 1 heterocycles. The van der Waals surface area contributed by atoms with Crippen LogP contribution < -0.4 is 5.32 Å². The van der Waals surface area contributed by atoms with E-state index in [-0.39, 0.29) is 0 Å². The molecule has 16 heavy (non-hydrogen) atoms. The van der Waals surface area contributed by atoms with Crippen molar-refractivity contribution < 1.29 is 4.74 Å². The summed E-state index contributed by atoms with van der Waals surface area (Å²) >= 11 is 0. The van der Waals surface area contributed by atoms with Gasteiger partial charge in [0.2, 0.25) is 0 Å². The summed E-state index contributed by atoms with van der Waals surface area (Å²) in [4.78, 5) is 2.66. The summed E-state index contributed by atoms with van der Waals surface area (Å²) in [5.74, 6) is 0.792. The predicted octanol–water partition coefficient (Wildman–Crippen LogP) is 1.34. The second-order valence-corrected chi connectivity index (χ2v) is 5.79. The Morgan fingerprint density at radius 2 is 2.25 bits per heavy atom. The van der Waals surface area contributed by atoms with Crippen molar-refractivity contribution in [2.24, 2.45) is 11.3 Å². The lowest BCUT2D eigenvalue weighted by Crippen LogP contribution is -2.35. The van der Waals surface area contributed by atoms with Crippen molar-refractivity contribution in [3.8, 4) is 0 Å². The summed E-state index contributed by atoms with van der Waals surface area (Å²) in [5, 5.41) is 3.51. The zero-order valence-corrected chi connectivity index (χ0v) is 10.8. The average molecular weight is 226 g/mol. The molecule has 0 amide bonds. The lowest BCUT2D eigenvalue weighted by Gasteiger charge is -2.27. The lowest BCUT2D eigenvalue weighted by molar-refractivity contribution is 0.145. The van der Waals surface area contributed by atoms with Crippen molar-refractivity contribution >= 4 is 0 Å². The number of methoxy groups -OCH3 is 1. The predicted molar refractivity (Wildman–Crippen MR) is 66.6 cm³/mol. The molecule has 1 atom stereocenters. The van der Waals surface area contributed by atoms with Gasteiger partial charge >= 0.3 is 0 Å². The molecule has 1 saturated heterocycles. The van der Waals surface area contributed by atoms with Gasteiger partial charge in [-0.05, 0) is 37.1 Å². The Hall–Kier alpha value is -0.120. The van der Waals surface area contributed by atoms with Gasteiger partial charge in [-0.25, -0.2) is 0 Å². The van der Waals surface area contributed by atoms with Crippen molar-refractivity contribution in [1.82, 2.24) is 10.2 Å². The van der Waals surface area contributed by atoms with E-state index in [0.717, 1.165) is 19.1 Å². The van der Waals surface area contributed by atoms with Gasteiger partial charge in [-0.2, -0.15) is 0 Å². The first-order valence-corrected chi connectivity index (χ1v) is 6.66. The van der Waals surface area contributed by atoms with Crippen LogP contribution in [0.5, 0.6) is 0 Å². The maximum Gasteiger partial charge on any atom is 0.0468 e. The Labute approximate surface area is 99.5 Å². The highest BCUT2D eigenvalue weighted by molar-refractivity contribution is 4.95. The smallest absolute Gasteiger partial charge is 0.0468 e. The van der Waals surface area contributed by atoms with Crippen LogP contribution in [-0.2, 0) is 4.74 Å². The van der Waals surface area contributed by atoms with Crippen LogP contribution >= 0.6 is 0 Å². The van der Waals surface area contributed by atoms with Crippen LogP contribution in [0, 0.1) is 11.3 Å². The molecule has 3 heteroatoms. The largest absolute Gasteiger partial charge is 0.385 e. The van der Waals surface area contributed by atoms with E-state index in [4.69, 9.17) is 4.74 Å². The topological polar surface area (TPSA) is 24.5 Å². The molecule has 2 rings (SSSR count). The van der Waals surface area contributed by atoms with Crippen molar-refractivity contribution in [3.63, 3.8) is 0 Å². The minimum atomic E-state index is 0.611. The van der Waals surface area contributed by atoms with Gasteiger partial charge in [0.05, 0.1) is 0 Å². The van der Waals surface area contributed by atoms with Crippen LogP contribution in [0.4, 0.5) is 0 Å². The van der Waals surface area contributed by atoms with E-state index in [9.17, 15) is 0 Å². The van der Waals surface area contributed by atoms with Gasteiger partial charge in [-0.3, -0.25) is 0 Å². The van der Waals surface area contributed by atoms with E-state index in [1.54, 1.807) is 0 Å². The molecule has 0 radical (unpaired) electrons. The van der Waals surface area contributed by atoms with Gasteiger partial charge in [0, 0.05) is 39.9 Å². The number of nitrogens with one attached hydrogen (secondary N) is 1. The van der Waals surface area contributed by atoms with Crippen LogP contribution in [0.1, 0.15) is 26.2 Å². The van der Waals surface area contributed by atoms with Gasteiger partial charge in [0.1, 0.15) is 0 Å². The van der Waals surface area contributed by atoms with Crippen molar-refractivity contribution in [2.45, 2.75) is 26.2 Å². The molecule has 1 aliphatic carbocycles. The molecule has 0 aromatic heterocycles. The summed E-state index contributed by atoms with van der Waals surface area (Å²) < 4.78 is 5.22. The molecule has 1 N–H and O–H groups in total. The maximum atomic E-state index is 5.22. The third kappa shape index (κ3) is 3.44. The van der Waals surface area contributed by atoms with Crippen molar-refractivity contribution in [1.29, 1.82) is 0 Å². The van der Waals surface area contributed by atoms with E-state index in [0.29, 0.717) is 5.41 Å². The zero-order chi connectivity index (χ0) is 11.4. The Kier molecular flexibility index (Phi) is 4.22. The minimum absolute atomic E-state index is 0.611. The molecule has 0 spiro atoms. The van der Waals surface area contributed by atoms with Crippen LogP contribution in [0.2, 0.25) is 0 Å². The molecule has 0 aromatic carbocycles. The van der Waals surface area contributed by atoms with Gasteiger partial charge in [-0.1, -0.05) is 6.92 Å². The third-order valence-corrected chi connectivity index (χ3v) is 4.02. The van der Waals surface area contributed by atoms with Gasteiger partial charge in [0.25, 0.3) is 0 Å². The van der Waals surface area contributed by atoms with Gasteiger partial charge < -0.3 is 15.0 Å². The van der Waals surface area contributed by atoms with Crippen LogP contribution in [0.3, 0.4) is 0 Å². The summed E-state index contributed by atoms with van der Waals surface area (Å²) in [6, 6.07) is 0. The average Bonchev–Trinajstić information content (AvgIpc) is 3.03. The first kappa shape index (κ1) is 12.3. The minimum Gasteiger partial charge on any atom is -0.385 e. The molecule has 1 unspecified atom stereocenters. The van der Waals surface area contributed by atoms with Crippen LogP contribution in [0.25, 0.3) is 0 Å². The third-order valence-electron chi connectivity index (χ3n) is 4.02. The van der Waals surface area contributed by atoms with Gasteiger partial charge in [-0.15, -0.1) is 0 Å². The maximum absolute atomic E-state index is 5.22. The fraction of sp³-hybridized carbons (Fsp3) is 1.00. The molecule has 94 valence electrons. The fourth-order valence-electron chi connectivity index (χ4n) is 2.78. The van der Waals surface area contributed by atoms with E-state index in [1.165, 1.54) is 45.4 Å². The molecular formula is C13H26N2O. The highest BCUT2D eigenvalue weighted by atomic mass is 16.5. The zero-order valence-electron chi connectivity index (χ0n) is 10.8. The first-order valence-electron chi connectivity index (χ1n) is 6.66. The Morgan fingerprint density at radius 3 is 2.94 bits per heavy atom. The molecule has 1 aliphatic heterocycles. The number of rotatable bonds is 5. The molecule has 0 bridgehead atoms. The molecule has 2 fully saturated rings. The summed E-state index contributed by atoms with van der Waals surface area (Å²) in [7, 11) is 1.81. The summed E-state index contributed by atoms with van der Waals surface area (Å²) in [6.45, 7) is 9.40. The van der Waals surface area contributed by atoms with Crippen LogP contribution in [-0.4, -0.2) is 51.3 Å². The van der Waals surface area contributed by atoms with Crippen LogP contribution in [0.15, 0.2) is 0 Å². The molecular weight excluding hydrogens is 200 g/mol. The van der Waals surface area contributed by atoms with Crippen molar-refractivity contribution in [3.05, 3.63) is 0 Å². The number of hydrogen-bond acceptors (Lipinski definition) is 3. The second kappa shape index (κ2) is 5.48. The Bertz CT molecular complexity index is 216. The standard InChI is InChI=1S/C13H26N2O/c1-12-9-14-6-7-15(10-12)11-13(3-4-13)5-8-16-2/h12,14H,3-11H2,1-2H3. The molecule has 0 aromatic rings. The van der Waals surface area contributed by atoms with E-state index in [2.05, 4.69) is 17.1 Å². The number of hydrogen-bond donors (Lipinski definition) is 1. The Balaban J connectivity index is 1.79. The van der Waals surface area contributed by atoms with E-state index < -0.39 is 0 Å². The normalized spacial score (nSPS) is 30.0. The van der Waals surface area contributed by atoms with E-state index >= 15 is 0 Å². The quantitative estimate of drug-likeness (QED) is 0.766. The fourth-order valence-corrected chi connectivity index (χ4v) is 2.78. The summed E-state index contributed by atoms with van der Waals surface area (Å²) in [5.41, 5.74) is 0.611. The SMILES string of the molecule is COCCC1(CN2CCNCC(C)C2)CC1. The highest BCUT2D eigenvalue weighted by Gasteiger charge is 2.43. The molecule has 2 aliphatic rings.